The second kappa shape index (κ2) is 7.74. The number of methoxy groups -OCH3 is 1. The van der Waals surface area contributed by atoms with Gasteiger partial charge in [0.25, 0.3) is 5.56 Å². The lowest BCUT2D eigenvalue weighted by atomic mass is 10.1. The molecule has 0 spiro atoms. The van der Waals surface area contributed by atoms with Crippen molar-refractivity contribution >= 4 is 39.2 Å². The first-order valence-electron chi connectivity index (χ1n) is 8.48. The number of primary amides is 1. The Morgan fingerprint density at radius 1 is 1.37 bits per heavy atom. The summed E-state index contributed by atoms with van der Waals surface area (Å²) < 4.78 is 6.85. The van der Waals surface area contributed by atoms with Gasteiger partial charge in [0.05, 0.1) is 23.9 Å². The third-order valence-electron chi connectivity index (χ3n) is 4.34. The van der Waals surface area contributed by atoms with Crippen molar-refractivity contribution in [3.8, 4) is 11.4 Å². The summed E-state index contributed by atoms with van der Waals surface area (Å²) in [7, 11) is 1.60. The quantitative estimate of drug-likeness (QED) is 0.504. The van der Waals surface area contributed by atoms with Crippen molar-refractivity contribution in [2.24, 2.45) is 5.73 Å². The second-order valence-electron chi connectivity index (χ2n) is 6.11. The average molecular weight is 404 g/mol. The van der Waals surface area contributed by atoms with Gasteiger partial charge < -0.3 is 10.5 Å². The number of carbonyl (C=O) groups is 1. The van der Waals surface area contributed by atoms with Crippen LogP contribution in [0, 0.1) is 13.8 Å². The summed E-state index contributed by atoms with van der Waals surface area (Å²) in [5, 5.41) is 1.11. The normalized spacial score (nSPS) is 11.1. The highest BCUT2D eigenvalue weighted by molar-refractivity contribution is 7.99. The van der Waals surface area contributed by atoms with Crippen LogP contribution in [-0.4, -0.2) is 28.3 Å². The van der Waals surface area contributed by atoms with Crippen LogP contribution in [0.1, 0.15) is 22.9 Å². The molecule has 3 rings (SSSR count). The fourth-order valence-corrected chi connectivity index (χ4v) is 4.97. The van der Waals surface area contributed by atoms with Crippen molar-refractivity contribution < 1.29 is 9.53 Å². The molecule has 2 heterocycles. The number of nitrogens with zero attached hydrogens (tertiary/aromatic N) is 2. The van der Waals surface area contributed by atoms with Gasteiger partial charge in [0.15, 0.2) is 5.16 Å². The molecule has 0 radical (unpaired) electrons. The minimum absolute atomic E-state index is 0.0537. The number of amides is 1. The number of ether oxygens (including phenoxy) is 1. The van der Waals surface area contributed by atoms with Crippen LogP contribution in [0.25, 0.3) is 15.9 Å². The molecule has 0 aliphatic rings. The lowest BCUT2D eigenvalue weighted by molar-refractivity contribution is -0.115. The molecule has 0 saturated heterocycles. The van der Waals surface area contributed by atoms with Crippen molar-refractivity contribution in [1.29, 1.82) is 0 Å². The summed E-state index contributed by atoms with van der Waals surface area (Å²) in [4.78, 5) is 31.3. The number of hydrogen-bond donors (Lipinski definition) is 1. The van der Waals surface area contributed by atoms with E-state index in [1.54, 1.807) is 17.7 Å². The highest BCUT2D eigenvalue weighted by atomic mass is 32.2. The molecule has 2 aromatic heterocycles. The summed E-state index contributed by atoms with van der Waals surface area (Å²) >= 11 is 2.68. The molecule has 0 aliphatic heterocycles. The Labute approximate surface area is 165 Å². The van der Waals surface area contributed by atoms with Crippen molar-refractivity contribution in [3.05, 3.63) is 44.6 Å². The number of thioether (sulfide) groups is 1. The van der Waals surface area contributed by atoms with Crippen LogP contribution in [0.15, 0.2) is 28.2 Å². The lowest BCUT2D eigenvalue weighted by Gasteiger charge is -2.15. The molecule has 0 bridgehead atoms. The molecule has 0 saturated carbocycles. The first-order chi connectivity index (χ1) is 12.9. The molecule has 0 fully saturated rings. The number of aryl methyl sites for hydroxylation is 3. The predicted molar refractivity (Wildman–Crippen MR) is 111 cm³/mol. The van der Waals surface area contributed by atoms with Gasteiger partial charge in [0, 0.05) is 4.88 Å². The molecule has 0 aliphatic carbocycles. The van der Waals surface area contributed by atoms with Crippen LogP contribution in [0.2, 0.25) is 0 Å². The molecule has 6 nitrogen and oxygen atoms in total. The zero-order valence-corrected chi connectivity index (χ0v) is 17.3. The van der Waals surface area contributed by atoms with Gasteiger partial charge in [0.1, 0.15) is 10.6 Å². The number of nitrogens with two attached hydrogens (primary N) is 1. The van der Waals surface area contributed by atoms with E-state index in [1.165, 1.54) is 23.1 Å². The second-order valence-corrected chi connectivity index (χ2v) is 8.26. The third kappa shape index (κ3) is 3.59. The Morgan fingerprint density at radius 3 is 2.70 bits per heavy atom. The van der Waals surface area contributed by atoms with Crippen LogP contribution in [0.3, 0.4) is 0 Å². The summed E-state index contributed by atoms with van der Waals surface area (Å²) in [6, 6.07) is 5.51. The average Bonchev–Trinajstić information content (AvgIpc) is 2.95. The predicted octanol–water partition coefficient (Wildman–Crippen LogP) is 3.21. The lowest BCUT2D eigenvalue weighted by Crippen LogP contribution is -2.23. The van der Waals surface area contributed by atoms with Crippen LogP contribution >= 0.6 is 23.1 Å². The van der Waals surface area contributed by atoms with Crippen molar-refractivity contribution in [1.82, 2.24) is 9.55 Å². The highest BCUT2D eigenvalue weighted by Gasteiger charge is 2.20. The van der Waals surface area contributed by atoms with Crippen LogP contribution in [-0.2, 0) is 11.2 Å². The van der Waals surface area contributed by atoms with E-state index in [4.69, 9.17) is 15.5 Å². The number of thiophene rings is 1. The number of carbonyl (C=O) groups excluding carboxylic acids is 1. The minimum Gasteiger partial charge on any atom is -0.497 e. The Balaban J connectivity index is 2.33. The Morgan fingerprint density at radius 2 is 2.11 bits per heavy atom. The standard InChI is InChI=1S/C19H21N3O3S2/c1-5-13-11(3)27-17-16(13)18(24)22(19(21-17)26-9-15(20)23)14-7-6-12(25-4)8-10(14)2/h6-8H,5,9H2,1-4H3,(H2,20,23). The van der Waals surface area contributed by atoms with E-state index in [9.17, 15) is 9.59 Å². The van der Waals surface area contributed by atoms with E-state index in [0.717, 1.165) is 22.4 Å². The van der Waals surface area contributed by atoms with E-state index in [2.05, 4.69) is 0 Å². The molecule has 3 aromatic rings. The van der Waals surface area contributed by atoms with Crippen LogP contribution < -0.4 is 16.0 Å². The van der Waals surface area contributed by atoms with E-state index < -0.39 is 5.91 Å². The maximum Gasteiger partial charge on any atom is 0.267 e. The molecule has 27 heavy (non-hydrogen) atoms. The van der Waals surface area contributed by atoms with E-state index in [-0.39, 0.29) is 11.3 Å². The third-order valence-corrected chi connectivity index (χ3v) is 6.34. The van der Waals surface area contributed by atoms with Gasteiger partial charge in [-0.3, -0.25) is 14.2 Å². The molecule has 8 heteroatoms. The number of aromatic nitrogens is 2. The van der Waals surface area contributed by atoms with Gasteiger partial charge in [-0.1, -0.05) is 18.7 Å². The number of fused-ring (bicyclic) bond motifs is 1. The summed E-state index contributed by atoms with van der Waals surface area (Å²) in [5.41, 5.74) is 7.81. The molecular weight excluding hydrogens is 382 g/mol. The number of benzene rings is 1. The number of hydrogen-bond acceptors (Lipinski definition) is 6. The van der Waals surface area contributed by atoms with Crippen molar-refractivity contribution in [2.45, 2.75) is 32.3 Å². The topological polar surface area (TPSA) is 87.2 Å². The zero-order valence-electron chi connectivity index (χ0n) is 15.7. The van der Waals surface area contributed by atoms with Gasteiger partial charge >= 0.3 is 0 Å². The minimum atomic E-state index is -0.455. The molecule has 1 aromatic carbocycles. The summed E-state index contributed by atoms with van der Waals surface area (Å²) in [6.45, 7) is 5.95. The Bertz CT molecular complexity index is 1090. The smallest absolute Gasteiger partial charge is 0.267 e. The summed E-state index contributed by atoms with van der Waals surface area (Å²) in [6.07, 6.45) is 0.762. The monoisotopic (exact) mass is 403 g/mol. The van der Waals surface area contributed by atoms with E-state index >= 15 is 0 Å². The van der Waals surface area contributed by atoms with Crippen molar-refractivity contribution in [3.63, 3.8) is 0 Å². The zero-order chi connectivity index (χ0) is 19.7. The first-order valence-corrected chi connectivity index (χ1v) is 10.3. The SMILES string of the molecule is CCc1c(C)sc2nc(SCC(N)=O)n(-c3ccc(OC)cc3C)c(=O)c12. The first kappa shape index (κ1) is 19.4. The highest BCUT2D eigenvalue weighted by Crippen LogP contribution is 2.31. The van der Waals surface area contributed by atoms with Crippen molar-refractivity contribution in [2.75, 3.05) is 12.9 Å². The molecule has 1 amide bonds. The molecule has 142 valence electrons. The van der Waals surface area contributed by atoms with E-state index in [0.29, 0.717) is 26.8 Å². The van der Waals surface area contributed by atoms with Gasteiger partial charge in [-0.15, -0.1) is 11.3 Å². The van der Waals surface area contributed by atoms with Gasteiger partial charge in [-0.2, -0.15) is 0 Å². The summed E-state index contributed by atoms with van der Waals surface area (Å²) in [5.74, 6) is 0.312. The molecule has 0 unspecified atom stereocenters. The van der Waals surface area contributed by atoms with Crippen LogP contribution in [0.4, 0.5) is 0 Å². The molecule has 0 atom stereocenters. The molecular formula is C19H21N3O3S2. The Hall–Kier alpha value is -2.32. The number of rotatable bonds is 6. The Kier molecular flexibility index (Phi) is 5.57. The van der Waals surface area contributed by atoms with Gasteiger partial charge in [-0.05, 0) is 49.6 Å². The largest absolute Gasteiger partial charge is 0.497 e. The maximum atomic E-state index is 13.5. The maximum absolute atomic E-state index is 13.5. The van der Waals surface area contributed by atoms with Gasteiger partial charge in [0.2, 0.25) is 5.91 Å². The molecule has 2 N–H and O–H groups in total. The fourth-order valence-electron chi connectivity index (χ4n) is 3.07. The fraction of sp³-hybridized carbons (Fsp3) is 0.316. The van der Waals surface area contributed by atoms with E-state index in [1.807, 2.05) is 32.9 Å². The van der Waals surface area contributed by atoms with Crippen LogP contribution in [0.5, 0.6) is 5.75 Å². The van der Waals surface area contributed by atoms with Gasteiger partial charge in [-0.25, -0.2) is 4.98 Å².